The maximum atomic E-state index is 13.5. The topological polar surface area (TPSA) is 69.3 Å². The van der Waals surface area contributed by atoms with Crippen LogP contribution in [0.5, 0.6) is 23.0 Å². The number of amides is 1. The van der Waals surface area contributed by atoms with Crippen molar-refractivity contribution in [3.8, 4) is 23.0 Å². The van der Waals surface area contributed by atoms with Gasteiger partial charge in [0.15, 0.2) is 23.0 Å². The van der Waals surface area contributed by atoms with E-state index < -0.39 is 12.8 Å². The molecule has 7 nitrogen and oxygen atoms in total. The third-order valence-corrected chi connectivity index (χ3v) is 5.54. The van der Waals surface area contributed by atoms with Crippen molar-refractivity contribution in [2.75, 3.05) is 19.2 Å². The Hall–Kier alpha value is -4.01. The Balaban J connectivity index is 1.59. The van der Waals surface area contributed by atoms with Gasteiger partial charge in [0.25, 0.3) is 5.91 Å². The average Bonchev–Trinajstić information content (AvgIpc) is 3.29. The van der Waals surface area contributed by atoms with Gasteiger partial charge in [0.05, 0.1) is 12.7 Å². The number of fused-ring (bicyclic) bond motifs is 2. The lowest BCUT2D eigenvalue weighted by Crippen LogP contribution is -2.42. The molecule has 2 aliphatic heterocycles. The summed E-state index contributed by atoms with van der Waals surface area (Å²) in [5, 5.41) is 3.30. The molecule has 1 amide bonds. The summed E-state index contributed by atoms with van der Waals surface area (Å²) in [6.07, 6.45) is -0.790. The van der Waals surface area contributed by atoms with E-state index in [0.717, 1.165) is 5.56 Å². The largest absolute Gasteiger partial charge is 0.493 e. The highest BCUT2D eigenvalue weighted by atomic mass is 19.3. The van der Waals surface area contributed by atoms with E-state index in [0.29, 0.717) is 28.3 Å². The molecule has 2 aliphatic rings. The molecule has 0 saturated carbocycles. The van der Waals surface area contributed by atoms with Crippen LogP contribution in [-0.2, 0) is 6.54 Å². The zero-order valence-corrected chi connectivity index (χ0v) is 17.6. The van der Waals surface area contributed by atoms with Gasteiger partial charge in [0.1, 0.15) is 6.17 Å². The lowest BCUT2D eigenvalue weighted by Gasteiger charge is -2.39. The van der Waals surface area contributed by atoms with Crippen LogP contribution in [0.25, 0.3) is 0 Å². The molecule has 0 saturated heterocycles. The van der Waals surface area contributed by atoms with Gasteiger partial charge >= 0.3 is 6.61 Å². The molecule has 5 rings (SSSR count). The summed E-state index contributed by atoms with van der Waals surface area (Å²) < 4.78 is 47.4. The first kappa shape index (κ1) is 20.9. The maximum absolute atomic E-state index is 13.5. The van der Waals surface area contributed by atoms with E-state index in [1.54, 1.807) is 53.4 Å². The zero-order chi connectivity index (χ0) is 22.9. The lowest BCUT2D eigenvalue weighted by atomic mass is 10.0. The summed E-state index contributed by atoms with van der Waals surface area (Å²) in [4.78, 5) is 15.1. The minimum Gasteiger partial charge on any atom is -0.493 e. The van der Waals surface area contributed by atoms with Crippen LogP contribution in [0, 0.1) is 0 Å². The number of carbonyl (C=O) groups is 1. The van der Waals surface area contributed by atoms with Gasteiger partial charge in [-0.15, -0.1) is 0 Å². The molecule has 2 heterocycles. The third kappa shape index (κ3) is 3.86. The van der Waals surface area contributed by atoms with Crippen molar-refractivity contribution in [2.45, 2.75) is 19.3 Å². The monoisotopic (exact) mass is 454 g/mol. The summed E-state index contributed by atoms with van der Waals surface area (Å²) in [6.45, 7) is -2.74. The van der Waals surface area contributed by atoms with E-state index in [1.807, 2.05) is 6.07 Å². The van der Waals surface area contributed by atoms with Gasteiger partial charge in [0, 0.05) is 17.8 Å². The van der Waals surface area contributed by atoms with Crippen LogP contribution in [0.3, 0.4) is 0 Å². The molecule has 33 heavy (non-hydrogen) atoms. The quantitative estimate of drug-likeness (QED) is 0.578. The number of methoxy groups -OCH3 is 1. The Morgan fingerprint density at radius 2 is 1.91 bits per heavy atom. The number of hydrogen-bond donors (Lipinski definition) is 1. The number of alkyl halides is 2. The second-order valence-corrected chi connectivity index (χ2v) is 7.47. The van der Waals surface area contributed by atoms with Crippen LogP contribution in [0.1, 0.15) is 27.7 Å². The van der Waals surface area contributed by atoms with E-state index in [9.17, 15) is 13.6 Å². The first-order valence-electron chi connectivity index (χ1n) is 10.2. The summed E-state index contributed by atoms with van der Waals surface area (Å²) in [6, 6.07) is 17.3. The molecule has 170 valence electrons. The fourth-order valence-electron chi connectivity index (χ4n) is 4.06. The Morgan fingerprint density at radius 3 is 2.73 bits per heavy atom. The second kappa shape index (κ2) is 8.50. The molecule has 0 aliphatic carbocycles. The van der Waals surface area contributed by atoms with Crippen molar-refractivity contribution in [1.29, 1.82) is 0 Å². The zero-order valence-electron chi connectivity index (χ0n) is 17.6. The number of nitrogens with one attached hydrogen (secondary N) is 1. The van der Waals surface area contributed by atoms with Gasteiger partial charge in [-0.3, -0.25) is 4.79 Å². The minimum absolute atomic E-state index is 0.129. The normalized spacial score (nSPS) is 16.4. The predicted molar refractivity (Wildman–Crippen MR) is 115 cm³/mol. The van der Waals surface area contributed by atoms with E-state index in [-0.39, 0.29) is 30.7 Å². The molecule has 9 heteroatoms. The number of hydrogen-bond acceptors (Lipinski definition) is 6. The Bertz CT molecular complexity index is 1200. The summed E-state index contributed by atoms with van der Waals surface area (Å²) in [5.41, 5.74) is 2.21. The highest BCUT2D eigenvalue weighted by molar-refractivity contribution is 6.01. The number of halogens is 2. The van der Waals surface area contributed by atoms with Gasteiger partial charge in [-0.1, -0.05) is 30.3 Å². The van der Waals surface area contributed by atoms with Crippen LogP contribution in [0.2, 0.25) is 0 Å². The van der Waals surface area contributed by atoms with Crippen LogP contribution in [-0.4, -0.2) is 31.3 Å². The van der Waals surface area contributed by atoms with Gasteiger partial charge in [-0.2, -0.15) is 8.78 Å². The van der Waals surface area contributed by atoms with Gasteiger partial charge in [0.2, 0.25) is 6.79 Å². The fourth-order valence-corrected chi connectivity index (χ4v) is 4.06. The molecule has 0 radical (unpaired) electrons. The lowest BCUT2D eigenvalue weighted by molar-refractivity contribution is -0.0523. The van der Waals surface area contributed by atoms with Crippen LogP contribution >= 0.6 is 0 Å². The standard InChI is InChI=1S/C24H20F2N2O5/c1-30-19-8-4-6-16(21(19)33-24(25)26)22-27-17-7-3-2-5-15(17)23(29)28(22)12-14-9-10-18-20(11-14)32-13-31-18/h2-11,22,24,27H,12-13H2,1H3. The van der Waals surface area contributed by atoms with Crippen molar-refractivity contribution in [3.63, 3.8) is 0 Å². The molecule has 3 aromatic rings. The highest BCUT2D eigenvalue weighted by Gasteiger charge is 2.36. The van der Waals surface area contributed by atoms with Crippen molar-refractivity contribution in [1.82, 2.24) is 4.90 Å². The molecule has 0 spiro atoms. The number of benzene rings is 3. The number of carbonyl (C=O) groups excluding carboxylic acids is 1. The SMILES string of the molecule is COc1cccc(C2Nc3ccccc3C(=O)N2Cc2ccc3c(c2)OCO3)c1OC(F)F. The maximum Gasteiger partial charge on any atom is 0.387 e. The molecule has 1 N–H and O–H groups in total. The van der Waals surface area contributed by atoms with E-state index in [4.69, 9.17) is 18.9 Å². The van der Waals surface area contributed by atoms with Gasteiger partial charge < -0.3 is 29.2 Å². The molecule has 1 atom stereocenters. The Labute approximate surface area is 188 Å². The number of ether oxygens (including phenoxy) is 4. The summed E-state index contributed by atoms with van der Waals surface area (Å²) >= 11 is 0. The van der Waals surface area contributed by atoms with Crippen LogP contribution < -0.4 is 24.3 Å². The number of rotatable bonds is 6. The first-order valence-corrected chi connectivity index (χ1v) is 10.2. The molecular weight excluding hydrogens is 434 g/mol. The molecular formula is C24H20F2N2O5. The number of para-hydroxylation sites is 2. The Morgan fingerprint density at radius 1 is 1.09 bits per heavy atom. The molecule has 0 fully saturated rings. The molecule has 0 aromatic heterocycles. The predicted octanol–water partition coefficient (Wildman–Crippen LogP) is 4.79. The van der Waals surface area contributed by atoms with E-state index in [1.165, 1.54) is 13.2 Å². The third-order valence-electron chi connectivity index (χ3n) is 5.54. The molecule has 1 unspecified atom stereocenters. The number of nitrogens with zero attached hydrogens (tertiary/aromatic N) is 1. The second-order valence-electron chi connectivity index (χ2n) is 7.47. The van der Waals surface area contributed by atoms with E-state index >= 15 is 0 Å². The minimum atomic E-state index is -3.06. The van der Waals surface area contributed by atoms with Gasteiger partial charge in [-0.25, -0.2) is 0 Å². The fraction of sp³-hybridized carbons (Fsp3) is 0.208. The number of anilines is 1. The van der Waals surface area contributed by atoms with Crippen molar-refractivity contribution in [3.05, 3.63) is 77.4 Å². The smallest absolute Gasteiger partial charge is 0.387 e. The van der Waals surface area contributed by atoms with Crippen molar-refractivity contribution < 1.29 is 32.5 Å². The molecule has 3 aromatic carbocycles. The molecule has 0 bridgehead atoms. The first-order chi connectivity index (χ1) is 16.0. The van der Waals surface area contributed by atoms with Crippen LogP contribution in [0.15, 0.2) is 60.7 Å². The summed E-state index contributed by atoms with van der Waals surface area (Å²) in [7, 11) is 1.37. The van der Waals surface area contributed by atoms with Crippen molar-refractivity contribution >= 4 is 11.6 Å². The van der Waals surface area contributed by atoms with Gasteiger partial charge in [-0.05, 0) is 35.9 Å². The van der Waals surface area contributed by atoms with Crippen molar-refractivity contribution in [2.24, 2.45) is 0 Å². The highest BCUT2D eigenvalue weighted by Crippen LogP contribution is 2.42. The Kier molecular flexibility index (Phi) is 5.37. The van der Waals surface area contributed by atoms with Crippen LogP contribution in [0.4, 0.5) is 14.5 Å². The van der Waals surface area contributed by atoms with E-state index in [2.05, 4.69) is 5.32 Å². The average molecular weight is 454 g/mol. The summed E-state index contributed by atoms with van der Waals surface area (Å²) in [5.74, 6) is 0.978.